The highest BCUT2D eigenvalue weighted by molar-refractivity contribution is 9.10. The number of pyridine rings is 1. The molecule has 0 saturated carbocycles. The first-order valence-electron chi connectivity index (χ1n) is 8.81. The van der Waals surface area contributed by atoms with Crippen LogP contribution in [-0.4, -0.2) is 32.1 Å². The third-order valence-corrected chi connectivity index (χ3v) is 5.33. The highest BCUT2D eigenvalue weighted by Crippen LogP contribution is 2.31. The number of amides is 1. The number of benzene rings is 1. The van der Waals surface area contributed by atoms with Crippen molar-refractivity contribution in [2.45, 2.75) is 26.4 Å². The first-order valence-corrected chi connectivity index (χ1v) is 9.60. The van der Waals surface area contributed by atoms with Crippen molar-refractivity contribution < 1.29 is 13.6 Å². The van der Waals surface area contributed by atoms with Crippen LogP contribution in [0.1, 0.15) is 23.7 Å². The first kappa shape index (κ1) is 18.7. The van der Waals surface area contributed by atoms with Gasteiger partial charge in [-0.1, -0.05) is 6.07 Å². The van der Waals surface area contributed by atoms with E-state index in [1.165, 1.54) is 12.1 Å². The Hall–Kier alpha value is -2.61. The fraction of sp³-hybridized carbons (Fsp3) is 0.250. The van der Waals surface area contributed by atoms with Crippen LogP contribution in [0.4, 0.5) is 8.78 Å². The van der Waals surface area contributed by atoms with Crippen LogP contribution in [0.3, 0.4) is 0 Å². The van der Waals surface area contributed by atoms with Gasteiger partial charge in [-0.2, -0.15) is 5.10 Å². The molecule has 0 atom stereocenters. The van der Waals surface area contributed by atoms with Gasteiger partial charge in [0, 0.05) is 71.8 Å². The minimum absolute atomic E-state index is 0.00120. The summed E-state index contributed by atoms with van der Waals surface area (Å²) in [5.74, 6) is -1.21. The number of nitrogens with zero attached hydrogens (tertiary/aromatic N) is 4. The van der Waals surface area contributed by atoms with E-state index in [4.69, 9.17) is 5.10 Å². The molecule has 0 spiro atoms. The summed E-state index contributed by atoms with van der Waals surface area (Å²) in [7, 11) is 0. The van der Waals surface area contributed by atoms with Crippen LogP contribution in [0.2, 0.25) is 0 Å². The number of halogens is 3. The quantitative estimate of drug-likeness (QED) is 0.612. The number of carbonyl (C=O) groups is 1. The SMILES string of the molecule is CC(=O)N1CCc2c(c(-c3cncc(Br)c3)nn2Cc2ccc(F)cc2F)C1. The van der Waals surface area contributed by atoms with Crippen LogP contribution in [0, 0.1) is 11.6 Å². The maximum absolute atomic E-state index is 14.2. The molecule has 0 radical (unpaired) electrons. The zero-order valence-corrected chi connectivity index (χ0v) is 16.7. The van der Waals surface area contributed by atoms with Gasteiger partial charge in [-0.3, -0.25) is 14.5 Å². The average molecular weight is 447 g/mol. The molecule has 0 N–H and O–H groups in total. The number of carbonyl (C=O) groups excluding carboxylic acids is 1. The molecule has 8 heteroatoms. The van der Waals surface area contributed by atoms with Crippen LogP contribution in [0.25, 0.3) is 11.3 Å². The van der Waals surface area contributed by atoms with Crippen molar-refractivity contribution in [3.8, 4) is 11.3 Å². The Bertz CT molecular complexity index is 1070. The van der Waals surface area contributed by atoms with Gasteiger partial charge in [0.2, 0.25) is 5.91 Å². The molecular formula is C20H17BrF2N4O. The predicted molar refractivity (Wildman–Crippen MR) is 103 cm³/mol. The summed E-state index contributed by atoms with van der Waals surface area (Å²) < 4.78 is 30.0. The van der Waals surface area contributed by atoms with Crippen molar-refractivity contribution in [2.75, 3.05) is 6.54 Å². The van der Waals surface area contributed by atoms with E-state index in [9.17, 15) is 13.6 Å². The standard InChI is InChI=1S/C20H17BrF2N4O/c1-12(28)26-5-4-19-17(11-26)20(14-6-15(21)9-24-8-14)25-27(19)10-13-2-3-16(22)7-18(13)23/h2-3,6-9H,4-5,10-11H2,1H3. The summed E-state index contributed by atoms with van der Waals surface area (Å²) in [6.07, 6.45) is 4.01. The van der Waals surface area contributed by atoms with Gasteiger partial charge in [-0.25, -0.2) is 8.78 Å². The zero-order valence-electron chi connectivity index (χ0n) is 15.1. The number of hydrogen-bond donors (Lipinski definition) is 0. The lowest BCUT2D eigenvalue weighted by Gasteiger charge is -2.27. The second kappa shape index (κ2) is 7.43. The van der Waals surface area contributed by atoms with Crippen LogP contribution < -0.4 is 0 Å². The Morgan fingerprint density at radius 3 is 2.79 bits per heavy atom. The van der Waals surface area contributed by atoms with E-state index in [-0.39, 0.29) is 12.5 Å². The van der Waals surface area contributed by atoms with Gasteiger partial charge in [0.05, 0.1) is 12.2 Å². The summed E-state index contributed by atoms with van der Waals surface area (Å²) >= 11 is 3.42. The number of rotatable bonds is 3. The average Bonchev–Trinajstić information content (AvgIpc) is 3.02. The van der Waals surface area contributed by atoms with E-state index < -0.39 is 11.6 Å². The molecule has 1 aromatic carbocycles. The van der Waals surface area contributed by atoms with Gasteiger partial charge in [0.25, 0.3) is 0 Å². The maximum atomic E-state index is 14.2. The van der Waals surface area contributed by atoms with E-state index in [2.05, 4.69) is 20.9 Å². The lowest BCUT2D eigenvalue weighted by Crippen LogP contribution is -2.34. The molecule has 0 bridgehead atoms. The molecule has 1 aliphatic rings. The lowest BCUT2D eigenvalue weighted by molar-refractivity contribution is -0.129. The Morgan fingerprint density at radius 1 is 1.25 bits per heavy atom. The Balaban J connectivity index is 1.79. The van der Waals surface area contributed by atoms with Gasteiger partial charge in [0.15, 0.2) is 0 Å². The van der Waals surface area contributed by atoms with Crippen LogP contribution >= 0.6 is 15.9 Å². The molecule has 0 fully saturated rings. The summed E-state index contributed by atoms with van der Waals surface area (Å²) in [5, 5.41) is 4.71. The predicted octanol–water partition coefficient (Wildman–Crippen LogP) is 3.94. The third-order valence-electron chi connectivity index (χ3n) is 4.89. The molecule has 3 heterocycles. The summed E-state index contributed by atoms with van der Waals surface area (Å²) in [4.78, 5) is 17.8. The molecule has 0 unspecified atom stereocenters. The van der Waals surface area contributed by atoms with Gasteiger partial charge in [-0.15, -0.1) is 0 Å². The smallest absolute Gasteiger partial charge is 0.219 e. The number of fused-ring (bicyclic) bond motifs is 1. The minimum atomic E-state index is -0.609. The van der Waals surface area contributed by atoms with E-state index in [0.717, 1.165) is 33.1 Å². The van der Waals surface area contributed by atoms with Gasteiger partial charge in [0.1, 0.15) is 11.6 Å². The fourth-order valence-corrected chi connectivity index (χ4v) is 3.84. The monoisotopic (exact) mass is 446 g/mol. The second-order valence-electron chi connectivity index (χ2n) is 6.75. The summed E-state index contributed by atoms with van der Waals surface area (Å²) in [6.45, 7) is 2.76. The number of aromatic nitrogens is 3. The van der Waals surface area contributed by atoms with E-state index in [0.29, 0.717) is 25.1 Å². The molecule has 28 heavy (non-hydrogen) atoms. The topological polar surface area (TPSA) is 51.0 Å². The molecular weight excluding hydrogens is 430 g/mol. The molecule has 1 amide bonds. The Kier molecular flexibility index (Phi) is 4.97. The minimum Gasteiger partial charge on any atom is -0.338 e. The molecule has 144 valence electrons. The first-order chi connectivity index (χ1) is 13.4. The normalized spacial score (nSPS) is 13.5. The van der Waals surface area contributed by atoms with E-state index >= 15 is 0 Å². The largest absolute Gasteiger partial charge is 0.338 e. The molecule has 2 aromatic heterocycles. The van der Waals surface area contributed by atoms with Crippen molar-refractivity contribution >= 4 is 21.8 Å². The Labute approximate surface area is 169 Å². The van der Waals surface area contributed by atoms with Gasteiger partial charge in [-0.05, 0) is 28.1 Å². The van der Waals surface area contributed by atoms with Crippen LogP contribution in [0.5, 0.6) is 0 Å². The molecule has 4 rings (SSSR count). The lowest BCUT2D eigenvalue weighted by atomic mass is 10.0. The van der Waals surface area contributed by atoms with Crippen molar-refractivity contribution in [3.63, 3.8) is 0 Å². The highest BCUT2D eigenvalue weighted by Gasteiger charge is 2.27. The van der Waals surface area contributed by atoms with Crippen molar-refractivity contribution in [1.82, 2.24) is 19.7 Å². The van der Waals surface area contributed by atoms with Crippen molar-refractivity contribution in [3.05, 3.63) is 69.6 Å². The molecule has 5 nitrogen and oxygen atoms in total. The van der Waals surface area contributed by atoms with Gasteiger partial charge >= 0.3 is 0 Å². The Morgan fingerprint density at radius 2 is 2.07 bits per heavy atom. The van der Waals surface area contributed by atoms with Gasteiger partial charge < -0.3 is 4.90 Å². The maximum Gasteiger partial charge on any atom is 0.219 e. The molecule has 1 aliphatic heterocycles. The van der Waals surface area contributed by atoms with Crippen LogP contribution in [0.15, 0.2) is 41.1 Å². The van der Waals surface area contributed by atoms with Crippen molar-refractivity contribution in [1.29, 1.82) is 0 Å². The molecule has 0 saturated heterocycles. The summed E-state index contributed by atoms with van der Waals surface area (Å²) in [5.41, 5.74) is 3.78. The second-order valence-corrected chi connectivity index (χ2v) is 7.67. The third kappa shape index (κ3) is 3.56. The highest BCUT2D eigenvalue weighted by atomic mass is 79.9. The fourth-order valence-electron chi connectivity index (χ4n) is 3.47. The van der Waals surface area contributed by atoms with E-state index in [1.807, 2.05) is 6.07 Å². The van der Waals surface area contributed by atoms with E-state index in [1.54, 1.807) is 28.9 Å². The molecule has 0 aliphatic carbocycles. The number of hydrogen-bond acceptors (Lipinski definition) is 3. The summed E-state index contributed by atoms with van der Waals surface area (Å²) in [6, 6.07) is 5.46. The van der Waals surface area contributed by atoms with Crippen LogP contribution in [-0.2, 0) is 24.3 Å². The zero-order chi connectivity index (χ0) is 19.8. The molecule has 3 aromatic rings. The van der Waals surface area contributed by atoms with Crippen molar-refractivity contribution in [2.24, 2.45) is 0 Å².